The van der Waals surface area contributed by atoms with E-state index < -0.39 is 6.67 Å². The summed E-state index contributed by atoms with van der Waals surface area (Å²) in [5.41, 5.74) is 1.51. The van der Waals surface area contributed by atoms with Gasteiger partial charge >= 0.3 is 0 Å². The van der Waals surface area contributed by atoms with Crippen LogP contribution in [-0.4, -0.2) is 13.2 Å². The Hall–Kier alpha value is -1.32. The molecule has 0 atom stereocenters. The first-order valence-corrected chi connectivity index (χ1v) is 4.03. The van der Waals surface area contributed by atoms with Gasteiger partial charge in [0.15, 0.2) is 0 Å². The fourth-order valence-corrected chi connectivity index (χ4v) is 1.36. The average Bonchev–Trinajstić information content (AvgIpc) is 2.49. The van der Waals surface area contributed by atoms with Crippen LogP contribution in [0.3, 0.4) is 0 Å². The Balaban J connectivity index is 2.29. The van der Waals surface area contributed by atoms with E-state index in [1.807, 2.05) is 0 Å². The Bertz CT molecular complexity index is 312. The van der Waals surface area contributed by atoms with E-state index >= 15 is 0 Å². The second-order valence-corrected chi connectivity index (χ2v) is 2.82. The zero-order chi connectivity index (χ0) is 9.26. The van der Waals surface area contributed by atoms with E-state index in [2.05, 4.69) is 5.32 Å². The van der Waals surface area contributed by atoms with Crippen LogP contribution in [0.5, 0.6) is 0 Å². The molecule has 0 saturated carbocycles. The van der Waals surface area contributed by atoms with Gasteiger partial charge in [0.05, 0.1) is 11.4 Å². The van der Waals surface area contributed by atoms with Crippen molar-refractivity contribution < 1.29 is 8.78 Å². The van der Waals surface area contributed by atoms with Crippen LogP contribution < -0.4 is 10.2 Å². The lowest BCUT2D eigenvalue weighted by Gasteiger charge is -2.14. The third-order valence-corrected chi connectivity index (χ3v) is 1.97. The molecule has 0 fully saturated rings. The Morgan fingerprint density at radius 3 is 3.00 bits per heavy atom. The van der Waals surface area contributed by atoms with E-state index in [1.165, 1.54) is 12.1 Å². The third kappa shape index (κ3) is 1.43. The summed E-state index contributed by atoms with van der Waals surface area (Å²) in [7, 11) is 0. The molecule has 1 aliphatic rings. The topological polar surface area (TPSA) is 15.3 Å². The number of hydrogen-bond acceptors (Lipinski definition) is 2. The van der Waals surface area contributed by atoms with Gasteiger partial charge in [-0.2, -0.15) is 0 Å². The summed E-state index contributed by atoms with van der Waals surface area (Å²) in [6.07, 6.45) is 0. The quantitative estimate of drug-likeness (QED) is 0.755. The first kappa shape index (κ1) is 8.29. The lowest BCUT2D eigenvalue weighted by Crippen LogP contribution is -2.20. The summed E-state index contributed by atoms with van der Waals surface area (Å²) in [5, 5.41) is 2.93. The van der Waals surface area contributed by atoms with Crippen LogP contribution in [0.1, 0.15) is 0 Å². The number of nitrogens with zero attached hydrogens (tertiary/aromatic N) is 1. The van der Waals surface area contributed by atoms with Crippen LogP contribution in [-0.2, 0) is 0 Å². The zero-order valence-electron chi connectivity index (χ0n) is 6.93. The maximum Gasteiger partial charge on any atom is 0.139 e. The van der Waals surface area contributed by atoms with E-state index in [-0.39, 0.29) is 12.4 Å². The van der Waals surface area contributed by atoms with E-state index in [0.29, 0.717) is 5.69 Å². The van der Waals surface area contributed by atoms with Gasteiger partial charge in [0.25, 0.3) is 0 Å². The van der Waals surface area contributed by atoms with Crippen molar-refractivity contribution in [2.24, 2.45) is 0 Å². The molecule has 1 aromatic rings. The number of nitrogens with one attached hydrogen (secondary N) is 1. The average molecular weight is 183 g/mol. The summed E-state index contributed by atoms with van der Waals surface area (Å²) in [5.74, 6) is -0.306. The Morgan fingerprint density at radius 1 is 1.38 bits per heavy atom. The number of alkyl halides is 1. The SMILES string of the molecule is FCCN1[CH]Nc2ccc(F)cc21. The van der Waals surface area contributed by atoms with Gasteiger partial charge in [-0.05, 0) is 18.2 Å². The van der Waals surface area contributed by atoms with Crippen molar-refractivity contribution in [3.05, 3.63) is 30.7 Å². The maximum absolute atomic E-state index is 12.8. The van der Waals surface area contributed by atoms with Gasteiger partial charge in [-0.15, -0.1) is 0 Å². The van der Waals surface area contributed by atoms with E-state index in [1.54, 1.807) is 17.6 Å². The molecule has 1 radical (unpaired) electrons. The predicted octanol–water partition coefficient (Wildman–Crippen LogP) is 2.15. The molecule has 0 aliphatic carbocycles. The number of halogens is 2. The number of benzene rings is 1. The van der Waals surface area contributed by atoms with Crippen LogP contribution in [0.4, 0.5) is 20.2 Å². The highest BCUT2D eigenvalue weighted by Crippen LogP contribution is 2.32. The highest BCUT2D eigenvalue weighted by Gasteiger charge is 2.18. The van der Waals surface area contributed by atoms with Gasteiger partial charge in [-0.25, -0.2) is 8.78 Å². The Labute approximate surface area is 75.2 Å². The molecule has 1 aliphatic heterocycles. The fourth-order valence-electron chi connectivity index (χ4n) is 1.36. The van der Waals surface area contributed by atoms with E-state index in [9.17, 15) is 8.78 Å². The number of fused-ring (bicyclic) bond motifs is 1. The minimum Gasteiger partial charge on any atom is -0.360 e. The van der Waals surface area contributed by atoms with Crippen LogP contribution >= 0.6 is 0 Å². The molecule has 0 unspecified atom stereocenters. The zero-order valence-corrected chi connectivity index (χ0v) is 6.93. The summed E-state index contributed by atoms with van der Waals surface area (Å²) in [4.78, 5) is 1.65. The summed E-state index contributed by atoms with van der Waals surface area (Å²) in [6.45, 7) is 1.45. The maximum atomic E-state index is 12.8. The van der Waals surface area contributed by atoms with Gasteiger partial charge in [0, 0.05) is 6.54 Å². The van der Waals surface area contributed by atoms with Crippen LogP contribution in [0.2, 0.25) is 0 Å². The third-order valence-electron chi connectivity index (χ3n) is 1.97. The largest absolute Gasteiger partial charge is 0.360 e. The molecule has 0 saturated heterocycles. The molecule has 0 aromatic heterocycles. The lowest BCUT2D eigenvalue weighted by molar-refractivity contribution is 0.498. The molecular formula is C9H9F2N2. The van der Waals surface area contributed by atoms with Crippen molar-refractivity contribution in [3.8, 4) is 0 Å². The molecular weight excluding hydrogens is 174 g/mol. The number of hydrogen-bond donors (Lipinski definition) is 1. The summed E-state index contributed by atoms with van der Waals surface area (Å²) >= 11 is 0. The summed E-state index contributed by atoms with van der Waals surface area (Å²) < 4.78 is 24.9. The standard InChI is InChI=1S/C9H9F2N2/c10-3-4-13-6-12-8-2-1-7(11)5-9(8)13/h1-2,5-6,12H,3-4H2. The van der Waals surface area contributed by atoms with Crippen LogP contribution in [0, 0.1) is 12.5 Å². The van der Waals surface area contributed by atoms with Crippen molar-refractivity contribution in [1.82, 2.24) is 0 Å². The predicted molar refractivity (Wildman–Crippen MR) is 47.6 cm³/mol. The molecule has 4 heteroatoms. The molecule has 1 heterocycles. The van der Waals surface area contributed by atoms with Crippen LogP contribution in [0.25, 0.3) is 0 Å². The van der Waals surface area contributed by atoms with E-state index in [4.69, 9.17) is 0 Å². The first-order valence-electron chi connectivity index (χ1n) is 4.03. The number of anilines is 2. The van der Waals surface area contributed by atoms with Crippen molar-refractivity contribution in [1.29, 1.82) is 0 Å². The molecule has 0 amide bonds. The Kier molecular flexibility index (Phi) is 2.04. The van der Waals surface area contributed by atoms with Gasteiger partial charge in [-0.1, -0.05) is 0 Å². The Morgan fingerprint density at radius 2 is 2.23 bits per heavy atom. The minimum atomic E-state index is -0.450. The van der Waals surface area contributed by atoms with Crippen molar-refractivity contribution in [2.75, 3.05) is 23.4 Å². The second kappa shape index (κ2) is 3.20. The molecule has 13 heavy (non-hydrogen) atoms. The van der Waals surface area contributed by atoms with Crippen molar-refractivity contribution in [2.45, 2.75) is 0 Å². The molecule has 0 bridgehead atoms. The monoisotopic (exact) mass is 183 g/mol. The number of rotatable bonds is 2. The molecule has 0 spiro atoms. The lowest BCUT2D eigenvalue weighted by atomic mass is 10.2. The van der Waals surface area contributed by atoms with Gasteiger partial charge in [-0.3, -0.25) is 0 Å². The molecule has 69 valence electrons. The van der Waals surface area contributed by atoms with Crippen LogP contribution in [0.15, 0.2) is 18.2 Å². The minimum absolute atomic E-state index is 0.253. The van der Waals surface area contributed by atoms with Crippen molar-refractivity contribution >= 4 is 11.4 Å². The molecule has 2 rings (SSSR count). The molecule has 1 aromatic carbocycles. The van der Waals surface area contributed by atoms with Gasteiger partial charge in [0.1, 0.15) is 19.2 Å². The summed E-state index contributed by atoms with van der Waals surface area (Å²) in [6, 6.07) is 4.40. The molecule has 2 nitrogen and oxygen atoms in total. The van der Waals surface area contributed by atoms with Crippen molar-refractivity contribution in [3.63, 3.8) is 0 Å². The second-order valence-electron chi connectivity index (χ2n) is 2.82. The smallest absolute Gasteiger partial charge is 0.139 e. The molecule has 1 N–H and O–H groups in total. The normalized spacial score (nSPS) is 14.2. The van der Waals surface area contributed by atoms with Gasteiger partial charge in [0.2, 0.25) is 0 Å². The first-order chi connectivity index (χ1) is 6.31. The highest BCUT2D eigenvalue weighted by atomic mass is 19.1. The van der Waals surface area contributed by atoms with E-state index in [0.717, 1.165) is 5.69 Å². The van der Waals surface area contributed by atoms with Gasteiger partial charge < -0.3 is 10.2 Å². The highest BCUT2D eigenvalue weighted by molar-refractivity contribution is 5.76. The fraction of sp³-hybridized carbons (Fsp3) is 0.222.